The quantitative estimate of drug-likeness (QED) is 0.509. The summed E-state index contributed by atoms with van der Waals surface area (Å²) < 4.78 is 0. The molecule has 0 aliphatic heterocycles. The first-order valence-corrected chi connectivity index (χ1v) is 7.53. The van der Waals surface area contributed by atoms with Crippen LogP contribution in [0.15, 0.2) is 30.6 Å². The fraction of sp³-hybridized carbons (Fsp3) is 0.200. The number of anilines is 2. The van der Waals surface area contributed by atoms with Gasteiger partial charge in [-0.25, -0.2) is 9.97 Å². The Kier molecular flexibility index (Phi) is 3.62. The molecule has 0 bridgehead atoms. The molecule has 0 spiro atoms. The zero-order chi connectivity index (χ0) is 14.8. The Morgan fingerprint density at radius 2 is 2.14 bits per heavy atom. The summed E-state index contributed by atoms with van der Waals surface area (Å²) in [5.74, 6) is 0.999. The summed E-state index contributed by atoms with van der Waals surface area (Å²) in [4.78, 5) is 10.8. The molecule has 0 radical (unpaired) electrons. The number of hydrogen-bond acceptors (Lipinski definition) is 6. The van der Waals surface area contributed by atoms with E-state index < -0.39 is 0 Å². The highest BCUT2D eigenvalue weighted by Crippen LogP contribution is 2.29. The van der Waals surface area contributed by atoms with Gasteiger partial charge in [-0.2, -0.15) is 0 Å². The van der Waals surface area contributed by atoms with E-state index in [1.807, 2.05) is 0 Å². The summed E-state index contributed by atoms with van der Waals surface area (Å²) in [6.45, 7) is 2.58. The largest absolute Gasteiger partial charge is 0.508 e. The van der Waals surface area contributed by atoms with Crippen molar-refractivity contribution >= 4 is 33.1 Å². The van der Waals surface area contributed by atoms with Crippen LogP contribution < -0.4 is 11.1 Å². The summed E-state index contributed by atoms with van der Waals surface area (Å²) >= 11 is 1.68. The van der Waals surface area contributed by atoms with Crippen molar-refractivity contribution < 1.29 is 5.11 Å². The van der Waals surface area contributed by atoms with Crippen LogP contribution in [0.25, 0.3) is 10.2 Å². The summed E-state index contributed by atoms with van der Waals surface area (Å²) in [5, 5.41) is 14.1. The van der Waals surface area contributed by atoms with Gasteiger partial charge in [0.25, 0.3) is 0 Å². The summed E-state index contributed by atoms with van der Waals surface area (Å²) in [7, 11) is 0. The summed E-state index contributed by atoms with van der Waals surface area (Å²) in [6.07, 6.45) is 2.54. The minimum absolute atomic E-state index is 0.224. The molecule has 2 aromatic heterocycles. The molecule has 0 aliphatic carbocycles. The van der Waals surface area contributed by atoms with Crippen LogP contribution in [0.1, 0.15) is 17.4 Å². The number of nitrogen functional groups attached to an aromatic ring is 1. The van der Waals surface area contributed by atoms with Crippen LogP contribution in [0.3, 0.4) is 0 Å². The molecule has 3 rings (SSSR count). The Morgan fingerprint density at radius 1 is 1.29 bits per heavy atom. The Bertz CT molecular complexity index is 784. The van der Waals surface area contributed by atoms with E-state index in [1.54, 1.807) is 35.9 Å². The maximum absolute atomic E-state index is 9.84. The molecule has 0 amide bonds. The molecule has 21 heavy (non-hydrogen) atoms. The van der Waals surface area contributed by atoms with E-state index in [9.17, 15) is 5.11 Å². The van der Waals surface area contributed by atoms with Crippen LogP contribution in [0.4, 0.5) is 11.5 Å². The zero-order valence-electron chi connectivity index (χ0n) is 11.6. The second-order valence-electron chi connectivity index (χ2n) is 4.75. The van der Waals surface area contributed by atoms with Gasteiger partial charge in [0.05, 0.1) is 5.39 Å². The number of aromatic hydroxyl groups is 1. The van der Waals surface area contributed by atoms with Gasteiger partial charge in [0.2, 0.25) is 0 Å². The number of phenolic OH excluding ortho intramolecular Hbond substituents is 1. The molecule has 2 heterocycles. The third-order valence-electron chi connectivity index (χ3n) is 3.28. The average molecular weight is 300 g/mol. The second-order valence-corrected chi connectivity index (χ2v) is 5.86. The average Bonchev–Trinajstić information content (AvgIpc) is 2.92. The van der Waals surface area contributed by atoms with Crippen molar-refractivity contribution in [3.8, 4) is 5.75 Å². The van der Waals surface area contributed by atoms with E-state index in [-0.39, 0.29) is 5.75 Å². The van der Waals surface area contributed by atoms with Crippen molar-refractivity contribution in [1.82, 2.24) is 9.97 Å². The number of rotatable bonds is 4. The molecular formula is C15H16N4OS. The molecule has 1 aromatic carbocycles. The highest BCUT2D eigenvalue weighted by molar-refractivity contribution is 7.18. The minimum atomic E-state index is 0.224. The van der Waals surface area contributed by atoms with E-state index >= 15 is 0 Å². The standard InChI is InChI=1S/C15H16N4OS/c1-2-11-6-12-14(18-8-19-15(12)21-11)17-7-9-5-10(16)3-4-13(9)20/h3-6,8,20H,2,7,16H2,1H3,(H,17,18,19). The number of hydrogen-bond donors (Lipinski definition) is 3. The van der Waals surface area contributed by atoms with Gasteiger partial charge >= 0.3 is 0 Å². The number of phenols is 1. The molecule has 0 atom stereocenters. The lowest BCUT2D eigenvalue weighted by molar-refractivity contribution is 0.469. The molecule has 4 N–H and O–H groups in total. The first-order chi connectivity index (χ1) is 10.2. The predicted molar refractivity (Wildman–Crippen MR) is 86.6 cm³/mol. The fourth-order valence-electron chi connectivity index (χ4n) is 2.15. The van der Waals surface area contributed by atoms with Crippen LogP contribution in [-0.4, -0.2) is 15.1 Å². The van der Waals surface area contributed by atoms with Gasteiger partial charge in [-0.1, -0.05) is 6.92 Å². The Morgan fingerprint density at radius 3 is 2.95 bits per heavy atom. The lowest BCUT2D eigenvalue weighted by Crippen LogP contribution is -2.02. The summed E-state index contributed by atoms with van der Waals surface area (Å²) in [5.41, 5.74) is 7.11. The van der Waals surface area contributed by atoms with Crippen molar-refractivity contribution in [1.29, 1.82) is 0 Å². The number of fused-ring (bicyclic) bond motifs is 1. The fourth-order valence-corrected chi connectivity index (χ4v) is 3.08. The Hall–Kier alpha value is -2.34. The van der Waals surface area contributed by atoms with E-state index in [2.05, 4.69) is 28.3 Å². The normalized spacial score (nSPS) is 10.9. The van der Waals surface area contributed by atoms with E-state index in [4.69, 9.17) is 5.73 Å². The van der Waals surface area contributed by atoms with Crippen molar-refractivity contribution in [2.75, 3.05) is 11.1 Å². The highest BCUT2D eigenvalue weighted by atomic mass is 32.1. The third-order valence-corrected chi connectivity index (χ3v) is 4.47. The number of nitrogens with zero attached hydrogens (tertiary/aromatic N) is 2. The van der Waals surface area contributed by atoms with Gasteiger partial charge in [0.15, 0.2) is 0 Å². The molecule has 6 heteroatoms. The number of aryl methyl sites for hydroxylation is 1. The highest BCUT2D eigenvalue weighted by Gasteiger charge is 2.09. The maximum atomic E-state index is 9.84. The van der Waals surface area contributed by atoms with Crippen LogP contribution >= 0.6 is 11.3 Å². The lowest BCUT2D eigenvalue weighted by atomic mass is 10.2. The summed E-state index contributed by atoms with van der Waals surface area (Å²) in [6, 6.07) is 7.14. The number of nitrogens with two attached hydrogens (primary N) is 1. The second kappa shape index (κ2) is 5.57. The molecular weight excluding hydrogens is 284 g/mol. The molecule has 108 valence electrons. The number of aromatic nitrogens is 2. The lowest BCUT2D eigenvalue weighted by Gasteiger charge is -2.08. The molecule has 0 fully saturated rings. The molecule has 0 unspecified atom stereocenters. The maximum Gasteiger partial charge on any atom is 0.138 e. The molecule has 0 saturated heterocycles. The topological polar surface area (TPSA) is 84.1 Å². The third kappa shape index (κ3) is 2.75. The number of thiophene rings is 1. The van der Waals surface area contributed by atoms with Crippen molar-refractivity contribution in [2.45, 2.75) is 19.9 Å². The van der Waals surface area contributed by atoms with Gasteiger partial charge in [-0.05, 0) is 30.7 Å². The van der Waals surface area contributed by atoms with E-state index in [0.29, 0.717) is 12.2 Å². The van der Waals surface area contributed by atoms with Crippen LogP contribution in [0.5, 0.6) is 5.75 Å². The zero-order valence-corrected chi connectivity index (χ0v) is 12.4. The molecule has 5 nitrogen and oxygen atoms in total. The first kappa shape index (κ1) is 13.6. The first-order valence-electron chi connectivity index (χ1n) is 6.72. The van der Waals surface area contributed by atoms with Gasteiger partial charge < -0.3 is 16.2 Å². The van der Waals surface area contributed by atoms with Gasteiger partial charge in [-0.15, -0.1) is 11.3 Å². The molecule has 0 aliphatic rings. The molecule has 3 aromatic rings. The van der Waals surface area contributed by atoms with Crippen molar-refractivity contribution in [3.63, 3.8) is 0 Å². The Balaban J connectivity index is 1.88. The van der Waals surface area contributed by atoms with E-state index in [1.165, 1.54) is 4.88 Å². The van der Waals surface area contributed by atoms with Gasteiger partial charge in [-0.3, -0.25) is 0 Å². The SMILES string of the molecule is CCc1cc2c(NCc3cc(N)ccc3O)ncnc2s1. The number of benzene rings is 1. The monoisotopic (exact) mass is 300 g/mol. The van der Waals surface area contributed by atoms with Crippen LogP contribution in [0, 0.1) is 0 Å². The molecule has 0 saturated carbocycles. The predicted octanol–water partition coefficient (Wildman–Crippen LogP) is 3.15. The smallest absolute Gasteiger partial charge is 0.138 e. The van der Waals surface area contributed by atoms with Crippen LogP contribution in [-0.2, 0) is 13.0 Å². The van der Waals surface area contributed by atoms with Gasteiger partial charge in [0.1, 0.15) is 22.7 Å². The Labute approximate surface area is 126 Å². The minimum Gasteiger partial charge on any atom is -0.508 e. The number of nitrogens with one attached hydrogen (secondary N) is 1. The van der Waals surface area contributed by atoms with Crippen molar-refractivity contribution in [3.05, 3.63) is 41.0 Å². The van der Waals surface area contributed by atoms with Crippen molar-refractivity contribution in [2.24, 2.45) is 0 Å². The van der Waals surface area contributed by atoms with E-state index in [0.717, 1.165) is 28.0 Å². The van der Waals surface area contributed by atoms with Gasteiger partial charge in [0, 0.05) is 22.7 Å². The van der Waals surface area contributed by atoms with Crippen LogP contribution in [0.2, 0.25) is 0 Å².